The standard InChI is InChI=1S/C28H28N2O4/c1-33-24-14-12-22(13-15-24)19-29-17-16-28(26(29)31,18-21-8-4-2-5-9-21)30-25(20-34-27(30)32)23-10-6-3-7-11-23/h2-15,25H,16-20H2,1H3/t25-,28+/m1/s1. The molecule has 6 heteroatoms. The Kier molecular flexibility index (Phi) is 5.97. The highest BCUT2D eigenvalue weighted by atomic mass is 16.6. The van der Waals surface area contributed by atoms with Crippen LogP contribution in [0, 0.1) is 0 Å². The highest BCUT2D eigenvalue weighted by molar-refractivity contribution is 5.93. The molecule has 0 aromatic heterocycles. The molecule has 2 fully saturated rings. The van der Waals surface area contributed by atoms with Crippen LogP contribution in [0.15, 0.2) is 84.9 Å². The number of ether oxygens (including phenoxy) is 2. The minimum absolute atomic E-state index is 0.0352. The minimum atomic E-state index is -0.998. The number of benzene rings is 3. The van der Waals surface area contributed by atoms with Gasteiger partial charge in [-0.2, -0.15) is 0 Å². The van der Waals surface area contributed by atoms with Crippen molar-refractivity contribution in [3.8, 4) is 5.75 Å². The van der Waals surface area contributed by atoms with Crippen molar-refractivity contribution in [1.82, 2.24) is 9.80 Å². The first-order chi connectivity index (χ1) is 16.6. The molecule has 6 nitrogen and oxygen atoms in total. The number of likely N-dealkylation sites (tertiary alicyclic amines) is 1. The Labute approximate surface area is 199 Å². The zero-order chi connectivity index (χ0) is 23.5. The summed E-state index contributed by atoms with van der Waals surface area (Å²) in [6.07, 6.45) is 0.573. The summed E-state index contributed by atoms with van der Waals surface area (Å²) in [5.74, 6) is 0.743. The van der Waals surface area contributed by atoms with Gasteiger partial charge in [0.25, 0.3) is 0 Å². The molecule has 0 bridgehead atoms. The molecule has 0 saturated carbocycles. The van der Waals surface area contributed by atoms with E-state index in [0.29, 0.717) is 25.9 Å². The van der Waals surface area contributed by atoms with Crippen LogP contribution in [0.1, 0.15) is 29.2 Å². The van der Waals surface area contributed by atoms with Gasteiger partial charge >= 0.3 is 6.09 Å². The van der Waals surface area contributed by atoms with Gasteiger partial charge in [-0.3, -0.25) is 9.69 Å². The Morgan fingerprint density at radius 3 is 2.26 bits per heavy atom. The van der Waals surface area contributed by atoms with Crippen molar-refractivity contribution >= 4 is 12.0 Å². The second kappa shape index (κ2) is 9.21. The van der Waals surface area contributed by atoms with Crippen molar-refractivity contribution in [2.24, 2.45) is 0 Å². The number of amides is 2. The summed E-state index contributed by atoms with van der Waals surface area (Å²) in [6, 6.07) is 27.2. The fourth-order valence-electron chi connectivity index (χ4n) is 5.15. The first-order valence-corrected chi connectivity index (χ1v) is 11.6. The molecule has 0 radical (unpaired) electrons. The Morgan fingerprint density at radius 1 is 0.912 bits per heavy atom. The Bertz CT molecular complexity index is 1150. The van der Waals surface area contributed by atoms with Gasteiger partial charge in [0.1, 0.15) is 17.9 Å². The second-order valence-corrected chi connectivity index (χ2v) is 8.89. The molecule has 0 aliphatic carbocycles. The predicted octanol–water partition coefficient (Wildman–Crippen LogP) is 4.60. The highest BCUT2D eigenvalue weighted by Crippen LogP contribution is 2.42. The summed E-state index contributed by atoms with van der Waals surface area (Å²) in [5, 5.41) is 0. The summed E-state index contributed by atoms with van der Waals surface area (Å²) in [7, 11) is 1.63. The quantitative estimate of drug-likeness (QED) is 0.521. The molecule has 2 aliphatic rings. The van der Waals surface area contributed by atoms with Crippen molar-refractivity contribution in [2.75, 3.05) is 20.3 Å². The fourth-order valence-corrected chi connectivity index (χ4v) is 5.15. The molecule has 2 amide bonds. The van der Waals surface area contributed by atoms with Gasteiger partial charge in [-0.25, -0.2) is 4.79 Å². The van der Waals surface area contributed by atoms with Crippen LogP contribution in [-0.4, -0.2) is 47.6 Å². The number of hydrogen-bond donors (Lipinski definition) is 0. The van der Waals surface area contributed by atoms with E-state index >= 15 is 0 Å². The van der Waals surface area contributed by atoms with Gasteiger partial charge < -0.3 is 14.4 Å². The first kappa shape index (κ1) is 22.0. The van der Waals surface area contributed by atoms with E-state index in [0.717, 1.165) is 22.4 Å². The highest BCUT2D eigenvalue weighted by Gasteiger charge is 2.57. The molecule has 0 N–H and O–H groups in total. The topological polar surface area (TPSA) is 59.1 Å². The fraction of sp³-hybridized carbons (Fsp3) is 0.286. The van der Waals surface area contributed by atoms with Crippen molar-refractivity contribution in [2.45, 2.75) is 31.0 Å². The maximum Gasteiger partial charge on any atom is 0.411 e. The lowest BCUT2D eigenvalue weighted by Gasteiger charge is -2.39. The van der Waals surface area contributed by atoms with Gasteiger partial charge in [-0.1, -0.05) is 72.8 Å². The van der Waals surface area contributed by atoms with E-state index in [1.165, 1.54) is 0 Å². The van der Waals surface area contributed by atoms with Crippen LogP contribution in [0.5, 0.6) is 5.75 Å². The van der Waals surface area contributed by atoms with Crippen molar-refractivity contribution < 1.29 is 19.1 Å². The number of rotatable bonds is 7. The molecule has 34 heavy (non-hydrogen) atoms. The number of cyclic esters (lactones) is 1. The van der Waals surface area contributed by atoms with Gasteiger partial charge in [0, 0.05) is 19.5 Å². The smallest absolute Gasteiger partial charge is 0.411 e. The summed E-state index contributed by atoms with van der Waals surface area (Å²) >= 11 is 0. The summed E-state index contributed by atoms with van der Waals surface area (Å²) < 4.78 is 10.8. The average molecular weight is 457 g/mol. The third kappa shape index (κ3) is 4.00. The molecule has 2 aliphatic heterocycles. The Hall–Kier alpha value is -3.80. The normalized spacial score (nSPS) is 22.2. The average Bonchev–Trinajstić information content (AvgIpc) is 3.41. The van der Waals surface area contributed by atoms with Gasteiger partial charge in [-0.15, -0.1) is 0 Å². The van der Waals surface area contributed by atoms with Crippen LogP contribution >= 0.6 is 0 Å². The lowest BCUT2D eigenvalue weighted by atomic mass is 9.85. The van der Waals surface area contributed by atoms with Crippen LogP contribution in [0.3, 0.4) is 0 Å². The van der Waals surface area contributed by atoms with Crippen molar-refractivity contribution in [3.05, 3.63) is 102 Å². The lowest BCUT2D eigenvalue weighted by Crippen LogP contribution is -2.57. The first-order valence-electron chi connectivity index (χ1n) is 11.6. The molecular formula is C28H28N2O4. The third-order valence-electron chi connectivity index (χ3n) is 6.87. The second-order valence-electron chi connectivity index (χ2n) is 8.89. The van der Waals surface area contributed by atoms with E-state index in [1.807, 2.05) is 89.8 Å². The van der Waals surface area contributed by atoms with E-state index in [2.05, 4.69) is 0 Å². The van der Waals surface area contributed by atoms with Crippen molar-refractivity contribution in [3.63, 3.8) is 0 Å². The van der Waals surface area contributed by atoms with Crippen LogP contribution < -0.4 is 4.74 Å². The SMILES string of the molecule is COc1ccc(CN2CC[C@@](Cc3ccccc3)(N3C(=O)OC[C@@H]3c3ccccc3)C2=O)cc1. The van der Waals surface area contributed by atoms with Gasteiger partial charge in [-0.05, 0) is 35.2 Å². The Morgan fingerprint density at radius 2 is 1.59 bits per heavy atom. The van der Waals surface area contributed by atoms with Crippen LogP contribution in [0.2, 0.25) is 0 Å². The molecule has 3 aromatic carbocycles. The van der Waals surface area contributed by atoms with E-state index in [-0.39, 0.29) is 18.6 Å². The summed E-state index contributed by atoms with van der Waals surface area (Å²) in [5.41, 5.74) is 2.02. The molecular weight excluding hydrogens is 428 g/mol. The van der Waals surface area contributed by atoms with Crippen LogP contribution in [-0.2, 0) is 22.5 Å². The van der Waals surface area contributed by atoms with E-state index in [1.54, 1.807) is 12.0 Å². The summed E-state index contributed by atoms with van der Waals surface area (Å²) in [4.78, 5) is 30.8. The number of carbonyl (C=O) groups is 2. The maximum atomic E-state index is 14.1. The molecule has 2 atom stereocenters. The third-order valence-corrected chi connectivity index (χ3v) is 6.87. The van der Waals surface area contributed by atoms with E-state index in [4.69, 9.17) is 9.47 Å². The Balaban J connectivity index is 1.50. The van der Waals surface area contributed by atoms with E-state index in [9.17, 15) is 9.59 Å². The predicted molar refractivity (Wildman–Crippen MR) is 128 cm³/mol. The molecule has 0 spiro atoms. The maximum absolute atomic E-state index is 14.1. The summed E-state index contributed by atoms with van der Waals surface area (Å²) in [6.45, 7) is 1.30. The lowest BCUT2D eigenvalue weighted by molar-refractivity contribution is -0.137. The van der Waals surface area contributed by atoms with Gasteiger partial charge in [0.15, 0.2) is 0 Å². The monoisotopic (exact) mass is 456 g/mol. The van der Waals surface area contributed by atoms with Crippen LogP contribution in [0.25, 0.3) is 0 Å². The molecule has 5 rings (SSSR count). The molecule has 2 saturated heterocycles. The molecule has 2 heterocycles. The van der Waals surface area contributed by atoms with E-state index < -0.39 is 11.6 Å². The molecule has 3 aromatic rings. The number of methoxy groups -OCH3 is 1. The van der Waals surface area contributed by atoms with Crippen molar-refractivity contribution in [1.29, 1.82) is 0 Å². The number of hydrogen-bond acceptors (Lipinski definition) is 4. The van der Waals surface area contributed by atoms with Crippen LogP contribution in [0.4, 0.5) is 4.79 Å². The largest absolute Gasteiger partial charge is 0.497 e. The zero-order valence-corrected chi connectivity index (χ0v) is 19.2. The number of carbonyl (C=O) groups excluding carboxylic acids is 2. The zero-order valence-electron chi connectivity index (χ0n) is 19.2. The molecule has 174 valence electrons. The number of nitrogens with zero attached hydrogens (tertiary/aromatic N) is 2. The molecule has 0 unspecified atom stereocenters. The van der Waals surface area contributed by atoms with Gasteiger partial charge in [0.05, 0.1) is 13.2 Å². The minimum Gasteiger partial charge on any atom is -0.497 e. The van der Waals surface area contributed by atoms with Gasteiger partial charge in [0.2, 0.25) is 5.91 Å².